The molecule has 2 fully saturated rings. The van der Waals surface area contributed by atoms with Gasteiger partial charge in [0, 0.05) is 98.9 Å². The molecule has 6 heterocycles. The van der Waals surface area contributed by atoms with Crippen molar-refractivity contribution in [2.24, 2.45) is 11.3 Å². The summed E-state index contributed by atoms with van der Waals surface area (Å²) >= 11 is 1.40. The number of urea groups is 1. The molecule has 21 heteroatoms. The van der Waals surface area contributed by atoms with Crippen LogP contribution in [-0.4, -0.2) is 136 Å². The molecule has 4 atom stereocenters. The largest absolute Gasteiger partial charge is 0.464 e. The molecule has 2 saturated heterocycles. The van der Waals surface area contributed by atoms with Crippen molar-refractivity contribution in [1.29, 1.82) is 0 Å². The Bertz CT molecular complexity index is 2460. The average Bonchev–Trinajstić information content (AvgIpc) is 3.90. The van der Waals surface area contributed by atoms with Crippen molar-refractivity contribution < 1.29 is 33.4 Å². The van der Waals surface area contributed by atoms with E-state index in [1.54, 1.807) is 30.2 Å². The molecule has 0 radical (unpaired) electrons. The molecule has 7 rings (SSSR count). The Hall–Kier alpha value is -4.25. The number of pyridine rings is 1. The molecule has 3 aliphatic heterocycles. The summed E-state index contributed by atoms with van der Waals surface area (Å²) in [5.41, 5.74) is 9.25. The summed E-state index contributed by atoms with van der Waals surface area (Å²) in [4.78, 5) is 83.5. The molecular weight excluding hydrogens is 975 g/mol. The molecule has 0 saturated carbocycles. The number of hydrazine groups is 1. The number of methoxy groups -OCH3 is 1. The molecule has 6 bridgehead atoms. The number of nitrogens with zero attached hydrogens (tertiary/aromatic N) is 7. The standard InChI is InChI=1S/C48H63N9O7S.4H2S/c1-10-40(58)54-20-22-55(23-21-54)47(62)53(8)42(29(3)4)44(59)51-36-25-39-50-37(27-65-39)31-16-17-38-33(24-31)34(43(56(38)11-2)32-14-12-18-49-41(32)30(5)63-9)26-48(6,7)28-64-46(61)35-15-13-19-57(52-35)45(36)60;;;;/h10,12,14,16-18,24,27,29-30,35-36,42,52H,1,11,13,15,19-23,25-26,28H2,2-9H3,(H,51,59);4*1H2/t30-,35-,36-,42-;;;;/m0..../s1. The van der Waals surface area contributed by atoms with E-state index in [4.69, 9.17) is 19.4 Å². The van der Waals surface area contributed by atoms with Crippen LogP contribution in [0.4, 0.5) is 4.79 Å². The zero-order valence-corrected chi connectivity index (χ0v) is 45.7. The number of amides is 5. The summed E-state index contributed by atoms with van der Waals surface area (Å²) in [6.45, 7) is 18.0. The lowest BCUT2D eigenvalue weighted by molar-refractivity contribution is -0.155. The van der Waals surface area contributed by atoms with Crippen molar-refractivity contribution in [2.45, 2.75) is 98.0 Å². The quantitative estimate of drug-likeness (QED) is 0.148. The van der Waals surface area contributed by atoms with Crippen molar-refractivity contribution in [1.82, 2.24) is 45.0 Å². The van der Waals surface area contributed by atoms with Crippen molar-refractivity contribution in [3.63, 3.8) is 0 Å². The van der Waals surface area contributed by atoms with Gasteiger partial charge in [0.1, 0.15) is 18.1 Å². The summed E-state index contributed by atoms with van der Waals surface area (Å²) in [6.07, 6.45) is 4.44. The van der Waals surface area contributed by atoms with E-state index < -0.39 is 41.3 Å². The maximum Gasteiger partial charge on any atom is 0.324 e. The highest BCUT2D eigenvalue weighted by Gasteiger charge is 2.39. The number of esters is 1. The number of aryl methyl sites for hydroxylation is 1. The van der Waals surface area contributed by atoms with Gasteiger partial charge in [0.2, 0.25) is 11.8 Å². The number of thiazole rings is 1. The van der Waals surface area contributed by atoms with E-state index in [0.717, 1.165) is 44.7 Å². The van der Waals surface area contributed by atoms with Gasteiger partial charge in [0.25, 0.3) is 5.91 Å². The van der Waals surface area contributed by atoms with E-state index in [9.17, 15) is 24.0 Å². The van der Waals surface area contributed by atoms with Crippen molar-refractivity contribution in [2.75, 3.05) is 53.5 Å². The molecule has 380 valence electrons. The van der Waals surface area contributed by atoms with Crippen LogP contribution in [0.25, 0.3) is 33.4 Å². The fraction of sp³-hybridized carbons (Fsp3) is 0.521. The molecule has 2 N–H and O–H groups in total. The predicted octanol–water partition coefficient (Wildman–Crippen LogP) is 6.06. The van der Waals surface area contributed by atoms with Crippen LogP contribution >= 0.6 is 65.3 Å². The van der Waals surface area contributed by atoms with Crippen molar-refractivity contribution in [3.05, 3.63) is 70.8 Å². The number of piperazine rings is 1. The number of ether oxygens (including phenoxy) is 2. The van der Waals surface area contributed by atoms with Crippen molar-refractivity contribution in [3.8, 4) is 22.5 Å². The molecule has 16 nitrogen and oxygen atoms in total. The molecule has 3 aliphatic rings. The lowest BCUT2D eigenvalue weighted by atomic mass is 9.84. The number of carbonyl (C=O) groups is 5. The van der Waals surface area contributed by atoms with Crippen LogP contribution in [0.2, 0.25) is 0 Å². The van der Waals surface area contributed by atoms with E-state index >= 15 is 0 Å². The Morgan fingerprint density at radius 3 is 2.41 bits per heavy atom. The first-order valence-electron chi connectivity index (χ1n) is 22.6. The Labute approximate surface area is 438 Å². The monoisotopic (exact) mass is 1050 g/mol. The average molecular weight is 1050 g/mol. The smallest absolute Gasteiger partial charge is 0.324 e. The van der Waals surface area contributed by atoms with Crippen LogP contribution in [0.3, 0.4) is 0 Å². The zero-order chi connectivity index (χ0) is 46.7. The number of rotatable bonds is 9. The lowest BCUT2D eigenvalue weighted by Crippen LogP contribution is -2.63. The molecule has 4 aromatic rings. The predicted molar refractivity (Wildman–Crippen MR) is 291 cm³/mol. The first-order valence-corrected chi connectivity index (χ1v) is 23.5. The molecule has 3 aromatic heterocycles. The summed E-state index contributed by atoms with van der Waals surface area (Å²) in [6, 6.07) is 7.25. The van der Waals surface area contributed by atoms with Crippen LogP contribution < -0.4 is 10.7 Å². The van der Waals surface area contributed by atoms with Gasteiger partial charge in [0.15, 0.2) is 0 Å². The number of hydrogen-bond acceptors (Lipinski definition) is 11. The second kappa shape index (κ2) is 25.2. The first kappa shape index (κ1) is 59.1. The van der Waals surface area contributed by atoms with Gasteiger partial charge in [-0.3, -0.25) is 29.2 Å². The van der Waals surface area contributed by atoms with Gasteiger partial charge in [-0.15, -0.1) is 11.3 Å². The number of aromatic nitrogens is 3. The third-order valence-electron chi connectivity index (χ3n) is 12.8. The summed E-state index contributed by atoms with van der Waals surface area (Å²) in [5, 5.41) is 8.08. The minimum absolute atomic E-state index is 0. The maximum absolute atomic E-state index is 14.6. The van der Waals surface area contributed by atoms with Gasteiger partial charge in [-0.25, -0.2) is 15.2 Å². The number of nitrogens with one attached hydrogen (secondary N) is 2. The summed E-state index contributed by atoms with van der Waals surface area (Å²) in [5.74, 6) is -1.89. The van der Waals surface area contributed by atoms with E-state index in [-0.39, 0.29) is 91.0 Å². The van der Waals surface area contributed by atoms with Crippen LogP contribution in [0.5, 0.6) is 0 Å². The third kappa shape index (κ3) is 12.8. The third-order valence-corrected chi connectivity index (χ3v) is 13.7. The van der Waals surface area contributed by atoms with Gasteiger partial charge in [-0.1, -0.05) is 40.3 Å². The molecule has 69 heavy (non-hydrogen) atoms. The number of fused-ring (bicyclic) bond motifs is 6. The Kier molecular flexibility index (Phi) is 21.6. The zero-order valence-electron chi connectivity index (χ0n) is 40.9. The molecule has 0 aliphatic carbocycles. The van der Waals surface area contributed by atoms with Crippen LogP contribution in [-0.2, 0) is 48.0 Å². The van der Waals surface area contributed by atoms with Gasteiger partial charge >= 0.3 is 12.0 Å². The fourth-order valence-electron chi connectivity index (χ4n) is 9.34. The summed E-state index contributed by atoms with van der Waals surface area (Å²) < 4.78 is 14.2. The van der Waals surface area contributed by atoms with Crippen LogP contribution in [0, 0.1) is 11.3 Å². The highest BCUT2D eigenvalue weighted by Crippen LogP contribution is 2.42. The molecular formula is C48H71N9O7S5. The number of carbonyl (C=O) groups excluding carboxylic acids is 5. The van der Waals surface area contributed by atoms with Gasteiger partial charge in [0.05, 0.1) is 34.8 Å². The number of hydrogen-bond donors (Lipinski definition) is 2. The number of cyclic esters (lactones) is 1. The maximum atomic E-state index is 14.6. The van der Waals surface area contributed by atoms with Crippen LogP contribution in [0.1, 0.15) is 76.8 Å². The Balaban J connectivity index is 0.00000315. The van der Waals surface area contributed by atoms with Crippen LogP contribution in [0.15, 0.2) is 54.6 Å². The first-order chi connectivity index (χ1) is 31.0. The second-order valence-corrected chi connectivity index (χ2v) is 19.3. The Morgan fingerprint density at radius 2 is 1.75 bits per heavy atom. The topological polar surface area (TPSA) is 172 Å². The van der Waals surface area contributed by atoms with Gasteiger partial charge < -0.3 is 34.1 Å². The van der Waals surface area contributed by atoms with Crippen molar-refractivity contribution >= 4 is 106 Å². The molecule has 0 spiro atoms. The van der Waals surface area contributed by atoms with Gasteiger partial charge in [-0.2, -0.15) is 54.0 Å². The minimum atomic E-state index is -1.09. The van der Waals surface area contributed by atoms with E-state index in [1.165, 1.54) is 27.3 Å². The second-order valence-electron chi connectivity index (χ2n) is 18.4. The minimum Gasteiger partial charge on any atom is -0.464 e. The number of benzene rings is 1. The fourth-order valence-corrected chi connectivity index (χ4v) is 10.2. The SMILES string of the molecule is C=CC(=O)N1CCN(C(=O)N(C)[C@H](C(=O)N[C@H]2Cc3nc(cs3)-c3ccc4c(c3)c(c(-c3cccnc3[C@H](C)OC)n4CC)CC(C)(C)COC(=O)[C@@H]3CCCN(N3)C2=O)C(C)C)CC1.S.S.S.S. The lowest BCUT2D eigenvalue weighted by Gasteiger charge is -2.39. The number of likely N-dealkylation sites (N-methyl/N-ethyl adjacent to an activating group) is 1. The summed E-state index contributed by atoms with van der Waals surface area (Å²) in [7, 11) is 3.27. The van der Waals surface area contributed by atoms with E-state index in [2.05, 4.69) is 66.9 Å². The van der Waals surface area contributed by atoms with E-state index in [0.29, 0.717) is 63.5 Å². The molecule has 0 unspecified atom stereocenters. The molecule has 1 aromatic carbocycles. The van der Waals surface area contributed by atoms with Gasteiger partial charge in [-0.05, 0) is 74.9 Å². The normalized spacial score (nSPS) is 19.1. The Morgan fingerprint density at radius 1 is 1.06 bits per heavy atom. The molecule has 5 amide bonds. The highest BCUT2D eigenvalue weighted by molar-refractivity contribution is 7.59. The highest BCUT2D eigenvalue weighted by atomic mass is 32.1. The van der Waals surface area contributed by atoms with E-state index in [1.807, 2.05) is 32.2 Å².